The highest BCUT2D eigenvalue weighted by molar-refractivity contribution is 5.94. The number of anilines is 1. The summed E-state index contributed by atoms with van der Waals surface area (Å²) in [7, 11) is 0. The zero-order chi connectivity index (χ0) is 15.8. The first-order valence-corrected chi connectivity index (χ1v) is 7.93. The van der Waals surface area contributed by atoms with Crippen molar-refractivity contribution < 1.29 is 4.79 Å². The van der Waals surface area contributed by atoms with E-state index in [1.54, 1.807) is 12.3 Å². The van der Waals surface area contributed by atoms with Gasteiger partial charge in [0.1, 0.15) is 5.82 Å². The number of amides is 1. The van der Waals surface area contributed by atoms with Gasteiger partial charge in [-0.15, -0.1) is 0 Å². The Morgan fingerprint density at radius 3 is 2.48 bits per heavy atom. The van der Waals surface area contributed by atoms with E-state index < -0.39 is 0 Å². The average molecular weight is 291 g/mol. The topological polar surface area (TPSA) is 54.0 Å². The molecule has 0 aliphatic rings. The molecule has 0 aromatic carbocycles. The van der Waals surface area contributed by atoms with Crippen molar-refractivity contribution in [1.29, 1.82) is 0 Å². The third-order valence-corrected chi connectivity index (χ3v) is 3.79. The Balaban J connectivity index is 2.62. The van der Waals surface area contributed by atoms with Crippen LogP contribution in [0.2, 0.25) is 0 Å². The van der Waals surface area contributed by atoms with Crippen molar-refractivity contribution in [1.82, 2.24) is 10.3 Å². The van der Waals surface area contributed by atoms with Crippen molar-refractivity contribution in [2.75, 3.05) is 18.4 Å². The van der Waals surface area contributed by atoms with Crippen LogP contribution in [0.5, 0.6) is 0 Å². The van der Waals surface area contributed by atoms with Crippen LogP contribution in [0.3, 0.4) is 0 Å². The van der Waals surface area contributed by atoms with E-state index in [0.717, 1.165) is 18.8 Å². The van der Waals surface area contributed by atoms with Gasteiger partial charge >= 0.3 is 0 Å². The summed E-state index contributed by atoms with van der Waals surface area (Å²) in [6.45, 7) is 12.5. The highest BCUT2D eigenvalue weighted by Crippen LogP contribution is 2.19. The van der Waals surface area contributed by atoms with Crippen LogP contribution >= 0.6 is 0 Å². The van der Waals surface area contributed by atoms with Crippen molar-refractivity contribution >= 4 is 11.7 Å². The minimum absolute atomic E-state index is 0.0248. The van der Waals surface area contributed by atoms with Gasteiger partial charge in [0, 0.05) is 24.8 Å². The Morgan fingerprint density at radius 2 is 1.90 bits per heavy atom. The molecule has 118 valence electrons. The maximum Gasteiger partial charge on any atom is 0.251 e. The molecule has 0 aliphatic heterocycles. The summed E-state index contributed by atoms with van der Waals surface area (Å²) in [4.78, 5) is 16.5. The molecule has 2 N–H and O–H groups in total. The molecule has 0 saturated heterocycles. The average Bonchev–Trinajstić information content (AvgIpc) is 2.44. The second kappa shape index (κ2) is 8.65. The lowest BCUT2D eigenvalue weighted by atomic mass is 9.85. The Hall–Kier alpha value is -1.58. The minimum Gasteiger partial charge on any atom is -0.370 e. The quantitative estimate of drug-likeness (QED) is 0.770. The van der Waals surface area contributed by atoms with Crippen molar-refractivity contribution in [2.24, 2.45) is 17.8 Å². The molecule has 4 nitrogen and oxygen atoms in total. The minimum atomic E-state index is -0.0248. The molecule has 0 aliphatic carbocycles. The lowest BCUT2D eigenvalue weighted by Gasteiger charge is -2.25. The first kappa shape index (κ1) is 17.5. The van der Waals surface area contributed by atoms with Gasteiger partial charge in [-0.1, -0.05) is 34.6 Å². The lowest BCUT2D eigenvalue weighted by Crippen LogP contribution is -2.34. The van der Waals surface area contributed by atoms with Gasteiger partial charge in [-0.3, -0.25) is 4.79 Å². The molecule has 4 heteroatoms. The maximum atomic E-state index is 12.3. The Bertz CT molecular complexity index is 435. The van der Waals surface area contributed by atoms with E-state index in [1.165, 1.54) is 0 Å². The predicted molar refractivity (Wildman–Crippen MR) is 88.5 cm³/mol. The van der Waals surface area contributed by atoms with Gasteiger partial charge in [0.2, 0.25) is 0 Å². The predicted octanol–water partition coefficient (Wildman–Crippen LogP) is 3.56. The van der Waals surface area contributed by atoms with E-state index in [2.05, 4.69) is 50.2 Å². The van der Waals surface area contributed by atoms with Crippen LogP contribution in [0.1, 0.15) is 51.4 Å². The number of aromatic nitrogens is 1. The molecule has 0 spiro atoms. The molecular weight excluding hydrogens is 262 g/mol. The number of rotatable bonds is 8. The van der Waals surface area contributed by atoms with Gasteiger partial charge in [0.15, 0.2) is 0 Å². The van der Waals surface area contributed by atoms with Gasteiger partial charge in [-0.25, -0.2) is 4.98 Å². The van der Waals surface area contributed by atoms with Crippen molar-refractivity contribution in [3.05, 3.63) is 23.9 Å². The van der Waals surface area contributed by atoms with Gasteiger partial charge in [-0.05, 0) is 36.3 Å². The fourth-order valence-corrected chi connectivity index (χ4v) is 2.48. The molecule has 1 aromatic rings. The van der Waals surface area contributed by atoms with Gasteiger partial charge < -0.3 is 10.6 Å². The molecule has 0 radical (unpaired) electrons. The molecule has 0 fully saturated rings. The maximum absolute atomic E-state index is 12.3. The van der Waals surface area contributed by atoms with Crippen LogP contribution < -0.4 is 10.6 Å². The van der Waals surface area contributed by atoms with Crippen molar-refractivity contribution in [2.45, 2.75) is 41.0 Å². The molecule has 0 saturated carbocycles. The van der Waals surface area contributed by atoms with E-state index in [0.29, 0.717) is 29.9 Å². The number of carbonyl (C=O) groups excluding carboxylic acids is 1. The molecule has 0 bridgehead atoms. The number of nitrogens with zero attached hydrogens (tertiary/aromatic N) is 1. The lowest BCUT2D eigenvalue weighted by molar-refractivity contribution is 0.0937. The highest BCUT2D eigenvalue weighted by Gasteiger charge is 2.18. The van der Waals surface area contributed by atoms with E-state index >= 15 is 0 Å². The van der Waals surface area contributed by atoms with Crippen LogP contribution in [-0.4, -0.2) is 24.0 Å². The molecule has 1 rings (SSSR count). The third kappa shape index (κ3) is 5.74. The first-order chi connectivity index (χ1) is 9.95. The molecule has 1 aromatic heterocycles. The number of hydrogen-bond acceptors (Lipinski definition) is 3. The SMILES string of the molecule is CCCNc1cc(C(=O)NCC(C(C)C)C(C)C)ccn1. The van der Waals surface area contributed by atoms with E-state index in [4.69, 9.17) is 0 Å². The zero-order valence-corrected chi connectivity index (χ0v) is 13.9. The van der Waals surface area contributed by atoms with Gasteiger partial charge in [0.05, 0.1) is 0 Å². The zero-order valence-electron chi connectivity index (χ0n) is 13.9. The van der Waals surface area contributed by atoms with Crippen LogP contribution in [0.15, 0.2) is 18.3 Å². The molecule has 21 heavy (non-hydrogen) atoms. The molecular formula is C17H29N3O. The molecule has 1 heterocycles. The summed E-state index contributed by atoms with van der Waals surface area (Å²) in [5.41, 5.74) is 0.662. The van der Waals surface area contributed by atoms with E-state index in [1.807, 2.05) is 6.07 Å². The van der Waals surface area contributed by atoms with Crippen molar-refractivity contribution in [3.63, 3.8) is 0 Å². The summed E-state index contributed by atoms with van der Waals surface area (Å²) < 4.78 is 0. The summed E-state index contributed by atoms with van der Waals surface area (Å²) in [5.74, 6) is 2.35. The van der Waals surface area contributed by atoms with Crippen LogP contribution in [0.4, 0.5) is 5.82 Å². The number of hydrogen-bond donors (Lipinski definition) is 2. The summed E-state index contributed by atoms with van der Waals surface area (Å²) in [5, 5.41) is 6.25. The van der Waals surface area contributed by atoms with Gasteiger partial charge in [-0.2, -0.15) is 0 Å². The van der Waals surface area contributed by atoms with Crippen LogP contribution in [0, 0.1) is 17.8 Å². The molecule has 1 amide bonds. The standard InChI is InChI=1S/C17H29N3O/c1-6-8-18-16-10-14(7-9-19-16)17(21)20-11-15(12(2)3)13(4)5/h7,9-10,12-13,15H,6,8,11H2,1-5H3,(H,18,19)(H,20,21). The number of nitrogens with one attached hydrogen (secondary N) is 2. The smallest absolute Gasteiger partial charge is 0.251 e. The van der Waals surface area contributed by atoms with Gasteiger partial charge in [0.25, 0.3) is 5.91 Å². The fourth-order valence-electron chi connectivity index (χ4n) is 2.48. The monoisotopic (exact) mass is 291 g/mol. The second-order valence-electron chi connectivity index (χ2n) is 6.22. The third-order valence-electron chi connectivity index (χ3n) is 3.79. The fraction of sp³-hybridized carbons (Fsp3) is 0.647. The largest absolute Gasteiger partial charge is 0.370 e. The number of carbonyl (C=O) groups is 1. The van der Waals surface area contributed by atoms with Crippen LogP contribution in [-0.2, 0) is 0 Å². The summed E-state index contributed by atoms with van der Waals surface area (Å²) in [6, 6.07) is 3.57. The first-order valence-electron chi connectivity index (χ1n) is 7.93. The molecule has 0 unspecified atom stereocenters. The highest BCUT2D eigenvalue weighted by atomic mass is 16.1. The van der Waals surface area contributed by atoms with Crippen LogP contribution in [0.25, 0.3) is 0 Å². The number of pyridine rings is 1. The Labute approximate surface area is 128 Å². The summed E-state index contributed by atoms with van der Waals surface area (Å²) >= 11 is 0. The Morgan fingerprint density at radius 1 is 1.24 bits per heavy atom. The van der Waals surface area contributed by atoms with Crippen molar-refractivity contribution in [3.8, 4) is 0 Å². The summed E-state index contributed by atoms with van der Waals surface area (Å²) in [6.07, 6.45) is 2.71. The second-order valence-corrected chi connectivity index (χ2v) is 6.22. The normalized spacial score (nSPS) is 11.2. The van der Waals surface area contributed by atoms with E-state index in [-0.39, 0.29) is 5.91 Å². The Kier molecular flexibility index (Phi) is 7.20. The molecule has 0 atom stereocenters. The van der Waals surface area contributed by atoms with E-state index in [9.17, 15) is 4.79 Å².